The van der Waals surface area contributed by atoms with Crippen LogP contribution in [-0.2, 0) is 0 Å². The summed E-state index contributed by atoms with van der Waals surface area (Å²) in [5.74, 6) is 0. The quantitative estimate of drug-likeness (QED) is 0.493. The van der Waals surface area contributed by atoms with E-state index in [4.69, 9.17) is 5.73 Å². The lowest BCUT2D eigenvalue weighted by Crippen LogP contribution is -2.34. The van der Waals surface area contributed by atoms with Crippen molar-refractivity contribution in [2.45, 2.75) is 25.4 Å². The maximum atomic E-state index is 5.73. The van der Waals surface area contributed by atoms with Gasteiger partial charge in [-0.2, -0.15) is 0 Å². The zero-order chi connectivity index (χ0) is 6.15. The average Bonchev–Trinajstić information content (AvgIpc) is 1.98. The standard InChI is InChI=1S/C6H14N2.H3N/c1-5-6(7)3-4-8(5)2;/h5-6H,3-4,7H2,1-2H3;1H3. The van der Waals surface area contributed by atoms with Crippen LogP contribution in [0.2, 0.25) is 0 Å². The topological polar surface area (TPSA) is 64.3 Å². The molecular weight excluding hydrogens is 114 g/mol. The maximum absolute atomic E-state index is 5.73. The fourth-order valence-corrected chi connectivity index (χ4v) is 1.12. The Balaban J connectivity index is 0.000000640. The molecule has 9 heavy (non-hydrogen) atoms. The molecule has 1 fully saturated rings. The maximum Gasteiger partial charge on any atom is 0.0216 e. The van der Waals surface area contributed by atoms with Gasteiger partial charge in [-0.05, 0) is 26.9 Å². The first-order valence-corrected chi connectivity index (χ1v) is 3.17. The molecule has 1 rings (SSSR count). The molecule has 0 aromatic rings. The van der Waals surface area contributed by atoms with E-state index in [0.29, 0.717) is 12.1 Å². The zero-order valence-electron chi connectivity index (χ0n) is 6.30. The minimum Gasteiger partial charge on any atom is -0.344 e. The minimum absolute atomic E-state index is 0. The van der Waals surface area contributed by atoms with Crippen LogP contribution < -0.4 is 11.9 Å². The van der Waals surface area contributed by atoms with Crippen LogP contribution in [0, 0.1) is 0 Å². The molecule has 0 radical (unpaired) electrons. The van der Waals surface area contributed by atoms with E-state index < -0.39 is 0 Å². The SMILES string of the molecule is CC1C(N)CCN1C.N. The molecule has 0 aromatic carbocycles. The van der Waals surface area contributed by atoms with Crippen LogP contribution in [-0.4, -0.2) is 30.6 Å². The normalized spacial score (nSPS) is 36.3. The lowest BCUT2D eigenvalue weighted by molar-refractivity contribution is 0.318. The van der Waals surface area contributed by atoms with Gasteiger partial charge in [-0.15, -0.1) is 0 Å². The smallest absolute Gasteiger partial charge is 0.0216 e. The summed E-state index contributed by atoms with van der Waals surface area (Å²) in [5.41, 5.74) is 5.73. The van der Waals surface area contributed by atoms with Gasteiger partial charge in [0.2, 0.25) is 0 Å². The molecule has 3 heteroatoms. The van der Waals surface area contributed by atoms with E-state index >= 15 is 0 Å². The molecule has 1 aliphatic heterocycles. The van der Waals surface area contributed by atoms with Gasteiger partial charge in [-0.1, -0.05) is 0 Å². The fourth-order valence-electron chi connectivity index (χ4n) is 1.12. The first kappa shape index (κ1) is 8.88. The van der Waals surface area contributed by atoms with Gasteiger partial charge in [0.15, 0.2) is 0 Å². The third-order valence-electron chi connectivity index (χ3n) is 2.13. The highest BCUT2D eigenvalue weighted by molar-refractivity contribution is 4.83. The van der Waals surface area contributed by atoms with Crippen molar-refractivity contribution in [3.05, 3.63) is 0 Å². The van der Waals surface area contributed by atoms with Crippen LogP contribution in [0.5, 0.6) is 0 Å². The van der Waals surface area contributed by atoms with Crippen LogP contribution in [0.25, 0.3) is 0 Å². The summed E-state index contributed by atoms with van der Waals surface area (Å²) < 4.78 is 0. The highest BCUT2D eigenvalue weighted by Gasteiger charge is 2.23. The molecule has 1 heterocycles. The van der Waals surface area contributed by atoms with E-state index in [0.717, 1.165) is 6.42 Å². The first-order valence-electron chi connectivity index (χ1n) is 3.17. The molecule has 2 atom stereocenters. The van der Waals surface area contributed by atoms with Gasteiger partial charge in [-0.3, -0.25) is 0 Å². The molecule has 2 unspecified atom stereocenters. The molecule has 1 saturated heterocycles. The Morgan fingerprint density at radius 1 is 1.56 bits per heavy atom. The first-order chi connectivity index (χ1) is 3.72. The molecule has 56 valence electrons. The Morgan fingerprint density at radius 2 is 2.11 bits per heavy atom. The van der Waals surface area contributed by atoms with Crippen molar-refractivity contribution in [1.82, 2.24) is 11.1 Å². The predicted octanol–water partition coefficient (Wildman–Crippen LogP) is 0.200. The highest BCUT2D eigenvalue weighted by Crippen LogP contribution is 2.11. The minimum atomic E-state index is 0. The van der Waals surface area contributed by atoms with Crippen molar-refractivity contribution < 1.29 is 0 Å². The Bertz CT molecular complexity index is 74.4. The molecule has 0 bridgehead atoms. The van der Waals surface area contributed by atoms with Crippen LogP contribution >= 0.6 is 0 Å². The highest BCUT2D eigenvalue weighted by atomic mass is 15.2. The summed E-state index contributed by atoms with van der Waals surface area (Å²) in [6, 6.07) is 1.01. The summed E-state index contributed by atoms with van der Waals surface area (Å²) in [5, 5.41) is 0. The molecule has 0 aromatic heterocycles. The van der Waals surface area contributed by atoms with Crippen molar-refractivity contribution >= 4 is 0 Å². The fraction of sp³-hybridized carbons (Fsp3) is 1.00. The van der Waals surface area contributed by atoms with E-state index in [1.54, 1.807) is 0 Å². The molecule has 0 saturated carbocycles. The molecule has 5 N–H and O–H groups in total. The third-order valence-corrected chi connectivity index (χ3v) is 2.13. The molecule has 0 spiro atoms. The van der Waals surface area contributed by atoms with E-state index in [2.05, 4.69) is 18.9 Å². The molecular formula is C6H17N3. The van der Waals surface area contributed by atoms with Gasteiger partial charge in [0.25, 0.3) is 0 Å². The van der Waals surface area contributed by atoms with Crippen molar-refractivity contribution in [3.63, 3.8) is 0 Å². The summed E-state index contributed by atoms with van der Waals surface area (Å²) in [6.07, 6.45) is 1.16. The predicted molar refractivity (Wildman–Crippen MR) is 39.7 cm³/mol. The van der Waals surface area contributed by atoms with Crippen LogP contribution in [0.1, 0.15) is 13.3 Å². The number of likely N-dealkylation sites (tertiary alicyclic amines) is 1. The Kier molecular flexibility index (Phi) is 3.11. The van der Waals surface area contributed by atoms with Crippen LogP contribution in [0.4, 0.5) is 0 Å². The van der Waals surface area contributed by atoms with E-state index in [1.165, 1.54) is 6.54 Å². The zero-order valence-corrected chi connectivity index (χ0v) is 6.30. The van der Waals surface area contributed by atoms with Crippen molar-refractivity contribution in [1.29, 1.82) is 0 Å². The molecule has 3 nitrogen and oxygen atoms in total. The van der Waals surface area contributed by atoms with Crippen LogP contribution in [0.15, 0.2) is 0 Å². The Labute approximate surface area is 56.8 Å². The van der Waals surface area contributed by atoms with Gasteiger partial charge in [-0.25, -0.2) is 0 Å². The molecule has 0 aliphatic carbocycles. The Morgan fingerprint density at radius 3 is 2.22 bits per heavy atom. The lowest BCUT2D eigenvalue weighted by Gasteiger charge is -2.16. The number of nitrogens with two attached hydrogens (primary N) is 1. The Hall–Kier alpha value is -0.120. The number of hydrogen-bond donors (Lipinski definition) is 2. The van der Waals surface area contributed by atoms with Gasteiger partial charge in [0.05, 0.1) is 0 Å². The van der Waals surface area contributed by atoms with Gasteiger partial charge in [0.1, 0.15) is 0 Å². The van der Waals surface area contributed by atoms with Gasteiger partial charge in [0, 0.05) is 12.1 Å². The molecule has 1 aliphatic rings. The van der Waals surface area contributed by atoms with Crippen molar-refractivity contribution in [2.75, 3.05) is 13.6 Å². The second-order valence-corrected chi connectivity index (χ2v) is 2.67. The lowest BCUT2D eigenvalue weighted by atomic mass is 10.2. The summed E-state index contributed by atoms with van der Waals surface area (Å²) >= 11 is 0. The third kappa shape index (κ3) is 1.64. The van der Waals surface area contributed by atoms with Gasteiger partial charge >= 0.3 is 0 Å². The summed E-state index contributed by atoms with van der Waals surface area (Å²) in [6.45, 7) is 3.35. The second-order valence-electron chi connectivity index (χ2n) is 2.67. The number of rotatable bonds is 0. The molecule has 0 amide bonds. The van der Waals surface area contributed by atoms with Crippen molar-refractivity contribution in [2.24, 2.45) is 5.73 Å². The number of hydrogen-bond acceptors (Lipinski definition) is 3. The number of nitrogens with zero attached hydrogens (tertiary/aromatic N) is 1. The number of likely N-dealkylation sites (N-methyl/N-ethyl adjacent to an activating group) is 1. The van der Waals surface area contributed by atoms with Gasteiger partial charge < -0.3 is 16.8 Å². The largest absolute Gasteiger partial charge is 0.344 e. The summed E-state index contributed by atoms with van der Waals surface area (Å²) in [4.78, 5) is 2.30. The second kappa shape index (κ2) is 3.15. The summed E-state index contributed by atoms with van der Waals surface area (Å²) in [7, 11) is 2.12. The monoisotopic (exact) mass is 131 g/mol. The average molecular weight is 131 g/mol. The van der Waals surface area contributed by atoms with E-state index in [9.17, 15) is 0 Å². The van der Waals surface area contributed by atoms with E-state index in [1.807, 2.05) is 0 Å². The van der Waals surface area contributed by atoms with E-state index in [-0.39, 0.29) is 6.15 Å². The van der Waals surface area contributed by atoms with Crippen LogP contribution in [0.3, 0.4) is 0 Å². The van der Waals surface area contributed by atoms with Crippen molar-refractivity contribution in [3.8, 4) is 0 Å².